The summed E-state index contributed by atoms with van der Waals surface area (Å²) >= 11 is 36.7. The number of hydrogen-bond acceptors (Lipinski definition) is 12. The molecule has 2 aliphatic heterocycles. The van der Waals surface area contributed by atoms with Gasteiger partial charge in [-0.1, -0.05) is 147 Å². The number of halogens is 4. The van der Waals surface area contributed by atoms with Crippen LogP contribution in [0.3, 0.4) is 0 Å². The fourth-order valence-corrected chi connectivity index (χ4v) is 27.6. The molecule has 312 valence electrons. The predicted octanol–water partition coefficient (Wildman–Crippen LogP) is 19.3. The first-order chi connectivity index (χ1) is 27.1. The Labute approximate surface area is 418 Å². The molecule has 0 unspecified atom stereocenters. The van der Waals surface area contributed by atoms with E-state index < -0.39 is 0 Å². The van der Waals surface area contributed by atoms with Gasteiger partial charge in [-0.3, -0.25) is 0 Å². The molecule has 2 nitrogen and oxygen atoms in total. The number of rotatable bonds is 20. The first-order valence-corrected chi connectivity index (χ1v) is 33.3. The summed E-state index contributed by atoms with van der Waals surface area (Å²) in [5.74, 6) is 4.74. The van der Waals surface area contributed by atoms with Gasteiger partial charge in [-0.2, -0.15) is 0 Å². The highest BCUT2D eigenvalue weighted by Crippen LogP contribution is 2.60. The average molecular weight is 1240 g/mol. The molecule has 0 spiro atoms. The van der Waals surface area contributed by atoms with Crippen LogP contribution in [0.4, 0.5) is 0 Å². The zero-order valence-corrected chi connectivity index (χ0v) is 48.8. The molecular formula is C38H50Br4N2S12. The summed E-state index contributed by atoms with van der Waals surface area (Å²) < 4.78 is 25.7. The highest BCUT2D eigenvalue weighted by Gasteiger charge is 2.27. The molecule has 0 bridgehead atoms. The smallest absolute Gasteiger partial charge is 0.105 e. The number of unbranched alkanes of at least 4 members (excludes halogenated alkanes) is 8. The summed E-state index contributed by atoms with van der Waals surface area (Å²) in [6.45, 7) is 9.24. The van der Waals surface area contributed by atoms with Crippen LogP contribution < -0.4 is 9.06 Å². The fraction of sp³-hybridized carbons (Fsp3) is 0.579. The van der Waals surface area contributed by atoms with Gasteiger partial charge < -0.3 is 9.13 Å². The molecule has 0 saturated carbocycles. The lowest BCUT2D eigenvalue weighted by molar-refractivity contribution is 0.779. The van der Waals surface area contributed by atoms with Crippen LogP contribution in [0.5, 0.6) is 0 Å². The maximum absolute atomic E-state index is 4.08. The van der Waals surface area contributed by atoms with Gasteiger partial charge in [0.25, 0.3) is 0 Å². The maximum atomic E-state index is 4.08. The Bertz CT molecular complexity index is 1910. The van der Waals surface area contributed by atoms with Crippen molar-refractivity contribution in [3.8, 4) is 0 Å². The SMILES string of the molecule is CCCCCSC1=C(SCCCCC)SC(=c2sc3c(Br)n(C)c(Br)c3ssc3c(Br)n(C)c(Br)c3sc2=C2SC(SCCCCC)=C(SCCCCC)S2)S1. The molecule has 0 aliphatic carbocycles. The van der Waals surface area contributed by atoms with Crippen molar-refractivity contribution in [2.45, 2.75) is 105 Å². The van der Waals surface area contributed by atoms with Crippen LogP contribution >= 0.6 is 201 Å². The molecule has 0 fully saturated rings. The molecule has 56 heavy (non-hydrogen) atoms. The number of aromatic nitrogens is 2. The van der Waals surface area contributed by atoms with Crippen molar-refractivity contribution >= 4 is 228 Å². The van der Waals surface area contributed by atoms with Crippen molar-refractivity contribution in [1.82, 2.24) is 9.13 Å². The fourth-order valence-electron chi connectivity index (χ4n) is 5.28. The van der Waals surface area contributed by atoms with Gasteiger partial charge >= 0.3 is 0 Å². The molecule has 5 heterocycles. The van der Waals surface area contributed by atoms with Crippen molar-refractivity contribution in [2.24, 2.45) is 14.1 Å². The highest BCUT2D eigenvalue weighted by atomic mass is 79.9. The van der Waals surface area contributed by atoms with E-state index in [1.54, 1.807) is 0 Å². The predicted molar refractivity (Wildman–Crippen MR) is 295 cm³/mol. The first-order valence-electron chi connectivity index (χ1n) is 19.1. The molecule has 0 saturated heterocycles. The summed E-state index contributed by atoms with van der Waals surface area (Å²) in [5.41, 5.74) is 0. The quantitative estimate of drug-likeness (QED) is 0.0808. The molecule has 18 heteroatoms. The summed E-state index contributed by atoms with van der Waals surface area (Å²) in [6, 6.07) is 0. The van der Waals surface area contributed by atoms with Crippen LogP contribution in [0, 0.1) is 0 Å². The molecule has 0 atom stereocenters. The van der Waals surface area contributed by atoms with Gasteiger partial charge in [0.2, 0.25) is 0 Å². The Morgan fingerprint density at radius 2 is 0.679 bits per heavy atom. The van der Waals surface area contributed by atoms with Gasteiger partial charge in [-0.15, -0.1) is 69.7 Å². The Hall–Kier alpha value is 3.12. The van der Waals surface area contributed by atoms with Crippen LogP contribution in [0.2, 0.25) is 0 Å². The third-order valence-corrected chi connectivity index (χ3v) is 30.5. The average Bonchev–Trinajstić information content (AvgIpc) is 3.90. The molecule has 2 aliphatic rings. The van der Waals surface area contributed by atoms with Gasteiger partial charge in [0, 0.05) is 14.1 Å². The Morgan fingerprint density at radius 1 is 0.411 bits per heavy atom. The second kappa shape index (κ2) is 26.2. The van der Waals surface area contributed by atoms with E-state index in [-0.39, 0.29) is 0 Å². The zero-order chi connectivity index (χ0) is 40.2. The van der Waals surface area contributed by atoms with Gasteiger partial charge in [-0.25, -0.2) is 0 Å². The second-order valence-electron chi connectivity index (χ2n) is 13.0. The summed E-state index contributed by atoms with van der Waals surface area (Å²) in [6.07, 6.45) is 15.3. The highest BCUT2D eigenvalue weighted by molar-refractivity contribution is 9.11. The van der Waals surface area contributed by atoms with Crippen LogP contribution in [0.15, 0.2) is 35.4 Å². The standard InChI is InChI=1S/C38H50Br4N2S12/c1-7-11-15-19-45-35-36(46-20-16-12-8-2)52-33(51-35)27-28(34-53-37(47-21-17-13-9-3)38(54-34)48-22-18-14-10-4)50-24-26(32(42)44(6)30(24)40)56-55-25-23(49-27)29(39)43(5)31(25)41/h7-22H2,1-6H3. The minimum atomic E-state index is 1.11. The molecule has 0 aromatic carbocycles. The van der Waals surface area contributed by atoms with Crippen LogP contribution in [-0.4, -0.2) is 32.1 Å². The maximum Gasteiger partial charge on any atom is 0.105 e. The number of hydrogen-bond donors (Lipinski definition) is 0. The van der Waals surface area contributed by atoms with Crippen molar-refractivity contribution in [1.29, 1.82) is 0 Å². The summed E-state index contributed by atoms with van der Waals surface area (Å²) in [5, 5.41) is 0. The van der Waals surface area contributed by atoms with Crippen molar-refractivity contribution in [3.05, 3.63) is 44.4 Å². The molecular weight excluding hydrogens is 1190 g/mol. The second-order valence-corrected chi connectivity index (χ2v) is 30.2. The molecule has 0 radical (unpaired) electrons. The lowest BCUT2D eigenvalue weighted by atomic mass is 10.3. The van der Waals surface area contributed by atoms with E-state index in [2.05, 4.69) is 162 Å². The topological polar surface area (TPSA) is 9.86 Å². The lowest BCUT2D eigenvalue weighted by Gasteiger charge is -2.04. The normalized spacial score (nSPS) is 14.8. The van der Waals surface area contributed by atoms with Crippen molar-refractivity contribution in [2.75, 3.05) is 23.0 Å². The Kier molecular flexibility index (Phi) is 23.4. The van der Waals surface area contributed by atoms with Gasteiger partial charge in [0.15, 0.2) is 0 Å². The monoisotopic (exact) mass is 1230 g/mol. The van der Waals surface area contributed by atoms with Gasteiger partial charge in [0.05, 0.1) is 53.3 Å². The van der Waals surface area contributed by atoms with E-state index in [9.17, 15) is 0 Å². The Balaban J connectivity index is 1.84. The van der Waals surface area contributed by atoms with Crippen LogP contribution in [0.25, 0.3) is 27.3 Å². The zero-order valence-electron chi connectivity index (χ0n) is 32.6. The van der Waals surface area contributed by atoms with Gasteiger partial charge in [-0.05, 0) is 112 Å². The number of thioether (sulfide) groups is 8. The van der Waals surface area contributed by atoms with Crippen LogP contribution in [-0.2, 0) is 14.1 Å². The van der Waals surface area contributed by atoms with Crippen molar-refractivity contribution in [3.63, 3.8) is 0 Å². The Morgan fingerprint density at radius 3 is 0.946 bits per heavy atom. The van der Waals surface area contributed by atoms with Crippen molar-refractivity contribution < 1.29 is 0 Å². The third-order valence-electron chi connectivity index (χ3n) is 8.53. The van der Waals surface area contributed by atoms with Crippen LogP contribution in [0.1, 0.15) is 105 Å². The molecule has 5 rings (SSSR count). The summed E-state index contributed by atoms with van der Waals surface area (Å²) in [4.78, 5) is 0. The van der Waals surface area contributed by atoms with E-state index in [1.165, 1.54) is 153 Å². The van der Waals surface area contributed by atoms with E-state index in [4.69, 9.17) is 0 Å². The molecule has 3 aromatic rings. The number of nitrogens with zero attached hydrogens (tertiary/aromatic N) is 2. The molecule has 0 N–H and O–H groups in total. The van der Waals surface area contributed by atoms with E-state index in [0.717, 1.165) is 18.4 Å². The molecule has 0 amide bonds. The number of fused-ring (bicyclic) bond motifs is 2. The molecule has 3 aromatic heterocycles. The first kappa shape index (κ1) is 50.1. The lowest BCUT2D eigenvalue weighted by Crippen LogP contribution is -2.21. The third kappa shape index (κ3) is 13.3. The van der Waals surface area contributed by atoms with E-state index in [0.29, 0.717) is 0 Å². The minimum Gasteiger partial charge on any atom is -0.331 e. The minimum absolute atomic E-state index is 1.11. The van der Waals surface area contributed by atoms with E-state index in [1.807, 2.05) is 90.4 Å². The largest absolute Gasteiger partial charge is 0.331 e. The van der Waals surface area contributed by atoms with E-state index >= 15 is 0 Å². The summed E-state index contributed by atoms with van der Waals surface area (Å²) in [7, 11) is 8.00. The van der Waals surface area contributed by atoms with Gasteiger partial charge in [0.1, 0.15) is 18.4 Å².